The molecular weight excluding hydrogens is 355 g/mol. The Bertz CT molecular complexity index is 883. The Kier molecular flexibility index (Phi) is 7.20. The van der Waals surface area contributed by atoms with Crippen molar-refractivity contribution in [3.05, 3.63) is 66.1 Å². The smallest absolute Gasteiger partial charge is 0.148 e. The summed E-state index contributed by atoms with van der Waals surface area (Å²) in [6.07, 6.45) is 5.01. The monoisotopic (exact) mass is 382 g/mol. The molecule has 0 aliphatic heterocycles. The lowest BCUT2D eigenvalue weighted by atomic mass is 10.1. The number of likely N-dealkylation sites (N-methyl/N-ethyl adjacent to an activating group) is 1. The van der Waals surface area contributed by atoms with E-state index >= 15 is 0 Å². The average molecular weight is 382 g/mol. The van der Waals surface area contributed by atoms with Crippen LogP contribution in [0.1, 0.15) is 18.4 Å². The number of fused-ring (bicyclic) bond motifs is 1. The zero-order valence-corrected chi connectivity index (χ0v) is 16.5. The molecule has 148 valence electrons. The molecule has 0 bridgehead atoms. The lowest BCUT2D eigenvalue weighted by Gasteiger charge is -2.17. The number of aryl methyl sites for hydroxylation is 1. The fourth-order valence-electron chi connectivity index (χ4n) is 3.16. The lowest BCUT2D eigenvalue weighted by Crippen LogP contribution is -2.25. The van der Waals surface area contributed by atoms with Crippen LogP contribution < -0.4 is 9.47 Å². The molecule has 0 amide bonds. The minimum Gasteiger partial charge on any atom is -0.497 e. The fourth-order valence-corrected chi connectivity index (χ4v) is 3.16. The van der Waals surface area contributed by atoms with E-state index in [1.165, 1.54) is 17.7 Å². The van der Waals surface area contributed by atoms with E-state index < -0.39 is 0 Å². The Morgan fingerprint density at radius 2 is 1.86 bits per heavy atom. The molecule has 0 aliphatic carbocycles. The highest BCUT2D eigenvalue weighted by Crippen LogP contribution is 2.25. The van der Waals surface area contributed by atoms with Crippen LogP contribution in [-0.4, -0.2) is 43.7 Å². The number of ether oxygens (including phenoxy) is 2. The van der Waals surface area contributed by atoms with Crippen LogP contribution in [0.25, 0.3) is 10.9 Å². The topological polar surface area (TPSA) is 34.6 Å². The number of halogens is 1. The number of methoxy groups -OCH3 is 1. The molecule has 5 heteroatoms. The van der Waals surface area contributed by atoms with Gasteiger partial charge >= 0.3 is 0 Å². The van der Waals surface area contributed by atoms with Gasteiger partial charge in [-0.05, 0) is 62.7 Å². The summed E-state index contributed by atoms with van der Waals surface area (Å²) in [7, 11) is 3.76. The second-order valence-electron chi connectivity index (χ2n) is 6.94. The summed E-state index contributed by atoms with van der Waals surface area (Å²) in [6.45, 7) is 2.29. The Labute approximate surface area is 165 Å². The Hall–Kier alpha value is -2.66. The molecule has 0 aliphatic rings. The van der Waals surface area contributed by atoms with Crippen LogP contribution in [0.4, 0.5) is 4.39 Å². The van der Waals surface area contributed by atoms with Gasteiger partial charge in [0, 0.05) is 24.2 Å². The first-order valence-electron chi connectivity index (χ1n) is 9.64. The number of nitrogens with zero attached hydrogens (tertiary/aromatic N) is 2. The van der Waals surface area contributed by atoms with Gasteiger partial charge in [-0.1, -0.05) is 18.2 Å². The van der Waals surface area contributed by atoms with E-state index in [1.807, 2.05) is 18.2 Å². The summed E-state index contributed by atoms with van der Waals surface area (Å²) >= 11 is 0. The predicted octanol–water partition coefficient (Wildman–Crippen LogP) is 4.72. The second-order valence-corrected chi connectivity index (χ2v) is 6.94. The van der Waals surface area contributed by atoms with Gasteiger partial charge in [0.25, 0.3) is 0 Å². The molecule has 0 radical (unpaired) electrons. The van der Waals surface area contributed by atoms with E-state index in [9.17, 15) is 4.39 Å². The molecule has 1 heterocycles. The zero-order valence-electron chi connectivity index (χ0n) is 16.5. The maximum Gasteiger partial charge on any atom is 0.148 e. The van der Waals surface area contributed by atoms with Gasteiger partial charge in [0.2, 0.25) is 0 Å². The maximum absolute atomic E-state index is 13.7. The number of benzene rings is 2. The van der Waals surface area contributed by atoms with Crippen molar-refractivity contribution >= 4 is 10.9 Å². The van der Waals surface area contributed by atoms with E-state index in [0.717, 1.165) is 43.5 Å². The van der Waals surface area contributed by atoms with Crippen LogP contribution in [0.5, 0.6) is 11.5 Å². The summed E-state index contributed by atoms with van der Waals surface area (Å²) in [6, 6.07) is 14.8. The van der Waals surface area contributed by atoms with Gasteiger partial charge in [-0.3, -0.25) is 4.98 Å². The van der Waals surface area contributed by atoms with Crippen LogP contribution in [0.2, 0.25) is 0 Å². The first-order chi connectivity index (χ1) is 13.7. The number of unbranched alkanes of at least 4 members (excludes halogenated alkanes) is 1. The van der Waals surface area contributed by atoms with Gasteiger partial charge in [0.1, 0.15) is 29.4 Å². The van der Waals surface area contributed by atoms with Crippen molar-refractivity contribution in [3.63, 3.8) is 0 Å². The third kappa shape index (κ3) is 5.67. The van der Waals surface area contributed by atoms with E-state index in [1.54, 1.807) is 19.4 Å². The van der Waals surface area contributed by atoms with Crippen molar-refractivity contribution in [2.75, 3.05) is 33.9 Å². The Morgan fingerprint density at radius 1 is 1.04 bits per heavy atom. The van der Waals surface area contributed by atoms with E-state index in [-0.39, 0.29) is 5.82 Å². The molecule has 3 aromatic rings. The summed E-state index contributed by atoms with van der Waals surface area (Å²) in [5.41, 5.74) is 2.03. The predicted molar refractivity (Wildman–Crippen MR) is 111 cm³/mol. The van der Waals surface area contributed by atoms with Crippen LogP contribution in [0, 0.1) is 5.82 Å². The molecule has 2 aromatic carbocycles. The van der Waals surface area contributed by atoms with Gasteiger partial charge in [0.15, 0.2) is 0 Å². The minimum atomic E-state index is -0.303. The van der Waals surface area contributed by atoms with Crippen LogP contribution >= 0.6 is 0 Å². The highest BCUT2D eigenvalue weighted by Gasteiger charge is 2.07. The van der Waals surface area contributed by atoms with Crippen molar-refractivity contribution in [2.24, 2.45) is 0 Å². The molecule has 1 aromatic heterocycles. The molecule has 0 N–H and O–H groups in total. The largest absolute Gasteiger partial charge is 0.497 e. The summed E-state index contributed by atoms with van der Waals surface area (Å²) < 4.78 is 24.7. The molecule has 0 unspecified atom stereocenters. The Morgan fingerprint density at radius 3 is 2.64 bits per heavy atom. The molecule has 0 saturated heterocycles. The highest BCUT2D eigenvalue weighted by molar-refractivity contribution is 5.84. The molecule has 3 rings (SSSR count). The van der Waals surface area contributed by atoms with Crippen LogP contribution in [-0.2, 0) is 6.42 Å². The van der Waals surface area contributed by atoms with Gasteiger partial charge in [0.05, 0.1) is 7.11 Å². The molecule has 0 atom stereocenters. The highest BCUT2D eigenvalue weighted by atomic mass is 19.1. The molecule has 0 fully saturated rings. The van der Waals surface area contributed by atoms with Crippen LogP contribution in [0.15, 0.2) is 54.7 Å². The number of pyridine rings is 1. The van der Waals surface area contributed by atoms with E-state index in [2.05, 4.69) is 29.1 Å². The quantitative estimate of drug-likeness (QED) is 0.476. The number of hydrogen-bond acceptors (Lipinski definition) is 4. The number of hydrogen-bond donors (Lipinski definition) is 0. The van der Waals surface area contributed by atoms with Gasteiger partial charge in [-0.2, -0.15) is 0 Å². The van der Waals surface area contributed by atoms with E-state index in [4.69, 9.17) is 9.47 Å². The van der Waals surface area contributed by atoms with Crippen molar-refractivity contribution < 1.29 is 13.9 Å². The van der Waals surface area contributed by atoms with Crippen molar-refractivity contribution in [3.8, 4) is 11.5 Å². The van der Waals surface area contributed by atoms with E-state index in [0.29, 0.717) is 17.9 Å². The fraction of sp³-hybridized carbons (Fsp3) is 0.348. The number of rotatable bonds is 10. The average Bonchev–Trinajstić information content (AvgIpc) is 2.71. The third-order valence-corrected chi connectivity index (χ3v) is 4.78. The number of aromatic nitrogens is 1. The summed E-state index contributed by atoms with van der Waals surface area (Å²) in [5.74, 6) is 1.09. The second kappa shape index (κ2) is 10.0. The standard InChI is InChI=1S/C23H27FN2O2/c1-26(13-4-3-6-18-8-10-21(27-2)11-9-18)14-15-28-22-17-20(24)16-19-7-5-12-25-23(19)22/h5,7-12,16-17H,3-4,6,13-15H2,1-2H3. The lowest BCUT2D eigenvalue weighted by molar-refractivity contribution is 0.236. The normalized spacial score (nSPS) is 11.1. The molecule has 4 nitrogen and oxygen atoms in total. The first kappa shape index (κ1) is 20.1. The zero-order chi connectivity index (χ0) is 19.8. The molecule has 28 heavy (non-hydrogen) atoms. The van der Waals surface area contributed by atoms with Crippen molar-refractivity contribution in [1.29, 1.82) is 0 Å². The summed E-state index contributed by atoms with van der Waals surface area (Å²) in [4.78, 5) is 6.55. The molecular formula is C23H27FN2O2. The minimum absolute atomic E-state index is 0.303. The van der Waals surface area contributed by atoms with Gasteiger partial charge in [-0.15, -0.1) is 0 Å². The third-order valence-electron chi connectivity index (χ3n) is 4.78. The molecule has 0 saturated carbocycles. The maximum atomic E-state index is 13.7. The van der Waals surface area contributed by atoms with Crippen molar-refractivity contribution in [1.82, 2.24) is 9.88 Å². The van der Waals surface area contributed by atoms with Gasteiger partial charge < -0.3 is 14.4 Å². The SMILES string of the molecule is COc1ccc(CCCCN(C)CCOc2cc(F)cc3cccnc23)cc1. The first-order valence-corrected chi connectivity index (χ1v) is 9.64. The van der Waals surface area contributed by atoms with Crippen molar-refractivity contribution in [2.45, 2.75) is 19.3 Å². The van der Waals surface area contributed by atoms with Gasteiger partial charge in [-0.25, -0.2) is 4.39 Å². The van der Waals surface area contributed by atoms with Crippen LogP contribution in [0.3, 0.4) is 0 Å². The Balaban J connectivity index is 1.38. The molecule has 0 spiro atoms. The summed E-state index contributed by atoms with van der Waals surface area (Å²) in [5, 5.41) is 0.754.